The van der Waals surface area contributed by atoms with Crippen LogP contribution in [0.1, 0.15) is 23.7 Å². The highest BCUT2D eigenvalue weighted by atomic mass is 32.2. The Balaban J connectivity index is 1.54. The molecule has 0 radical (unpaired) electrons. The number of thioether (sulfide) groups is 1. The maximum Gasteiger partial charge on any atom is 0.240 e. The minimum atomic E-state index is -0.253. The molecule has 0 atom stereocenters. The molecule has 0 saturated heterocycles. The lowest BCUT2D eigenvalue weighted by Gasteiger charge is -2.12. The quantitative estimate of drug-likeness (QED) is 0.374. The summed E-state index contributed by atoms with van der Waals surface area (Å²) < 4.78 is 7.02. The van der Waals surface area contributed by atoms with E-state index in [1.54, 1.807) is 28.8 Å². The van der Waals surface area contributed by atoms with E-state index in [9.17, 15) is 14.7 Å². The maximum atomic E-state index is 12.5. The van der Waals surface area contributed by atoms with Gasteiger partial charge in [0.2, 0.25) is 11.8 Å². The standard InChI is InChI=1S/C24H28N4O4S/c1-3-32-21-10-8-19(9-11-21)27-23(31)16-33-24-26-13-20(15-29)28(24)14-22(30)25-12-18-6-4-17(2)5-7-18/h4-11,13,29H,3,12,14-16H2,1-2H3,(H,25,30)(H,27,31). The number of carbonyl (C=O) groups excluding carboxylic acids is 2. The number of aliphatic hydroxyl groups excluding tert-OH is 1. The monoisotopic (exact) mass is 468 g/mol. The van der Waals surface area contributed by atoms with Crippen molar-refractivity contribution in [2.45, 2.75) is 38.7 Å². The van der Waals surface area contributed by atoms with Gasteiger partial charge in [0.15, 0.2) is 5.16 Å². The fourth-order valence-electron chi connectivity index (χ4n) is 3.04. The van der Waals surface area contributed by atoms with Gasteiger partial charge in [-0.25, -0.2) is 4.98 Å². The van der Waals surface area contributed by atoms with Gasteiger partial charge in [0, 0.05) is 12.2 Å². The molecule has 0 bridgehead atoms. The van der Waals surface area contributed by atoms with Gasteiger partial charge in [0.25, 0.3) is 0 Å². The third kappa shape index (κ3) is 7.37. The second-order valence-corrected chi connectivity index (χ2v) is 8.28. The summed E-state index contributed by atoms with van der Waals surface area (Å²) in [5.41, 5.74) is 3.33. The number of anilines is 1. The van der Waals surface area contributed by atoms with Crippen LogP contribution in [0.3, 0.4) is 0 Å². The van der Waals surface area contributed by atoms with E-state index >= 15 is 0 Å². The molecule has 3 aromatic rings. The summed E-state index contributed by atoms with van der Waals surface area (Å²) in [6.45, 7) is 4.66. The van der Waals surface area contributed by atoms with Crippen LogP contribution >= 0.6 is 11.8 Å². The number of aromatic nitrogens is 2. The van der Waals surface area contributed by atoms with Crippen LogP contribution in [0, 0.1) is 6.92 Å². The van der Waals surface area contributed by atoms with Crippen LogP contribution in [-0.4, -0.2) is 38.8 Å². The first-order valence-electron chi connectivity index (χ1n) is 10.6. The molecule has 0 saturated carbocycles. The van der Waals surface area contributed by atoms with Gasteiger partial charge >= 0.3 is 0 Å². The van der Waals surface area contributed by atoms with Crippen LogP contribution in [0.25, 0.3) is 0 Å². The summed E-state index contributed by atoms with van der Waals surface area (Å²) in [5.74, 6) is 0.446. The number of carbonyl (C=O) groups is 2. The molecule has 174 valence electrons. The summed E-state index contributed by atoms with van der Waals surface area (Å²) in [7, 11) is 0. The molecule has 0 spiro atoms. The number of amides is 2. The van der Waals surface area contributed by atoms with Crippen molar-refractivity contribution < 1.29 is 19.4 Å². The lowest BCUT2D eigenvalue weighted by atomic mass is 10.1. The van der Waals surface area contributed by atoms with E-state index in [-0.39, 0.29) is 30.7 Å². The summed E-state index contributed by atoms with van der Waals surface area (Å²) in [6, 6.07) is 15.1. The number of aryl methyl sites for hydroxylation is 1. The minimum absolute atomic E-state index is 0.00456. The number of nitrogens with one attached hydrogen (secondary N) is 2. The van der Waals surface area contributed by atoms with Gasteiger partial charge in [0.05, 0.1) is 30.9 Å². The molecule has 0 fully saturated rings. The topological polar surface area (TPSA) is 105 Å². The number of imidazole rings is 1. The second kappa shape index (κ2) is 12.1. The highest BCUT2D eigenvalue weighted by Gasteiger charge is 2.15. The molecule has 8 nitrogen and oxygen atoms in total. The second-order valence-electron chi connectivity index (χ2n) is 7.33. The normalized spacial score (nSPS) is 10.6. The summed E-state index contributed by atoms with van der Waals surface area (Å²) >= 11 is 1.20. The largest absolute Gasteiger partial charge is 0.494 e. The molecular weight excluding hydrogens is 440 g/mol. The number of rotatable bonds is 11. The lowest BCUT2D eigenvalue weighted by Crippen LogP contribution is -2.28. The molecule has 9 heteroatoms. The number of benzene rings is 2. The van der Waals surface area contributed by atoms with E-state index < -0.39 is 0 Å². The molecule has 0 aliphatic rings. The van der Waals surface area contributed by atoms with Crippen molar-refractivity contribution in [3.63, 3.8) is 0 Å². The predicted octanol–water partition coefficient (Wildman–Crippen LogP) is 3.13. The highest BCUT2D eigenvalue weighted by molar-refractivity contribution is 7.99. The van der Waals surface area contributed by atoms with Crippen molar-refractivity contribution in [3.05, 3.63) is 71.5 Å². The Morgan fingerprint density at radius 3 is 2.48 bits per heavy atom. The fourth-order valence-corrected chi connectivity index (χ4v) is 3.83. The minimum Gasteiger partial charge on any atom is -0.494 e. The lowest BCUT2D eigenvalue weighted by molar-refractivity contribution is -0.122. The van der Waals surface area contributed by atoms with Crippen LogP contribution in [0.5, 0.6) is 5.75 Å². The number of nitrogens with zero attached hydrogens (tertiary/aromatic N) is 2. The Kier molecular flexibility index (Phi) is 8.91. The molecule has 1 heterocycles. The zero-order valence-corrected chi connectivity index (χ0v) is 19.5. The van der Waals surface area contributed by atoms with E-state index in [1.165, 1.54) is 18.0 Å². The zero-order valence-electron chi connectivity index (χ0n) is 18.7. The molecule has 0 aliphatic heterocycles. The van der Waals surface area contributed by atoms with Crippen LogP contribution in [-0.2, 0) is 29.3 Å². The molecule has 1 aromatic heterocycles. The average Bonchev–Trinajstić information content (AvgIpc) is 3.20. The summed E-state index contributed by atoms with van der Waals surface area (Å²) in [5, 5.41) is 15.8. The molecule has 2 aromatic carbocycles. The molecule has 0 aliphatic carbocycles. The van der Waals surface area contributed by atoms with Crippen LogP contribution in [0.15, 0.2) is 59.9 Å². The van der Waals surface area contributed by atoms with Crippen LogP contribution in [0.4, 0.5) is 5.69 Å². The van der Waals surface area contributed by atoms with Crippen LogP contribution < -0.4 is 15.4 Å². The van der Waals surface area contributed by atoms with Gasteiger partial charge < -0.3 is 25.0 Å². The van der Waals surface area contributed by atoms with Crippen LogP contribution in [0.2, 0.25) is 0 Å². The first-order chi connectivity index (χ1) is 16.0. The van der Waals surface area contributed by atoms with Gasteiger partial charge in [-0.1, -0.05) is 41.6 Å². The van der Waals surface area contributed by atoms with Crippen molar-refractivity contribution in [1.82, 2.24) is 14.9 Å². The Morgan fingerprint density at radius 1 is 1.09 bits per heavy atom. The number of hydrogen-bond donors (Lipinski definition) is 3. The first-order valence-corrected chi connectivity index (χ1v) is 11.6. The van der Waals surface area contributed by atoms with E-state index in [0.717, 1.165) is 16.9 Å². The SMILES string of the molecule is CCOc1ccc(NC(=O)CSc2ncc(CO)n2CC(=O)NCc2ccc(C)cc2)cc1. The summed E-state index contributed by atoms with van der Waals surface area (Å²) in [4.78, 5) is 29.1. The molecule has 3 rings (SSSR count). The molecule has 3 N–H and O–H groups in total. The molecular formula is C24H28N4O4S. The third-order valence-electron chi connectivity index (χ3n) is 4.76. The Morgan fingerprint density at radius 2 is 1.82 bits per heavy atom. The molecule has 0 unspecified atom stereocenters. The van der Waals surface area contributed by atoms with Gasteiger partial charge in [-0.05, 0) is 43.7 Å². The maximum absolute atomic E-state index is 12.5. The van der Waals surface area contributed by atoms with Gasteiger partial charge in [-0.3, -0.25) is 9.59 Å². The molecule has 33 heavy (non-hydrogen) atoms. The van der Waals surface area contributed by atoms with Gasteiger partial charge in [-0.15, -0.1) is 0 Å². The van der Waals surface area contributed by atoms with Crippen molar-refractivity contribution in [3.8, 4) is 5.75 Å². The number of ether oxygens (including phenoxy) is 1. The smallest absolute Gasteiger partial charge is 0.240 e. The highest BCUT2D eigenvalue weighted by Crippen LogP contribution is 2.20. The van der Waals surface area contributed by atoms with Crippen molar-refractivity contribution in [1.29, 1.82) is 0 Å². The summed E-state index contributed by atoms with van der Waals surface area (Å²) in [6.07, 6.45) is 1.51. The number of aliphatic hydroxyl groups is 1. The van der Waals surface area contributed by atoms with Crippen molar-refractivity contribution >= 4 is 29.3 Å². The fraction of sp³-hybridized carbons (Fsp3) is 0.292. The zero-order chi connectivity index (χ0) is 23.6. The number of hydrogen-bond acceptors (Lipinski definition) is 6. The van der Waals surface area contributed by atoms with Gasteiger partial charge in [-0.2, -0.15) is 0 Å². The van der Waals surface area contributed by atoms with E-state index in [2.05, 4.69) is 15.6 Å². The average molecular weight is 469 g/mol. The van der Waals surface area contributed by atoms with Gasteiger partial charge in [0.1, 0.15) is 12.3 Å². The van der Waals surface area contributed by atoms with E-state index in [1.807, 2.05) is 38.1 Å². The predicted molar refractivity (Wildman–Crippen MR) is 128 cm³/mol. The van der Waals surface area contributed by atoms with E-state index in [4.69, 9.17) is 4.74 Å². The Hall–Kier alpha value is -3.30. The third-order valence-corrected chi connectivity index (χ3v) is 5.75. The van der Waals surface area contributed by atoms with E-state index in [0.29, 0.717) is 29.7 Å². The van der Waals surface area contributed by atoms with Crippen molar-refractivity contribution in [2.75, 3.05) is 17.7 Å². The molecule has 2 amide bonds. The Bertz CT molecular complexity index is 1070. The Labute approximate surface area is 197 Å². The first kappa shape index (κ1) is 24.3. The van der Waals surface area contributed by atoms with Crippen molar-refractivity contribution in [2.24, 2.45) is 0 Å².